The second-order valence-electron chi connectivity index (χ2n) is 3.96. The average molecular weight is 267 g/mol. The van der Waals surface area contributed by atoms with E-state index < -0.39 is 23.8 Å². The van der Waals surface area contributed by atoms with Gasteiger partial charge < -0.3 is 10.5 Å². The van der Waals surface area contributed by atoms with Gasteiger partial charge in [-0.25, -0.2) is 4.39 Å². The molecule has 1 unspecified atom stereocenters. The fourth-order valence-corrected chi connectivity index (χ4v) is 1.31. The van der Waals surface area contributed by atoms with Crippen LogP contribution in [0.2, 0.25) is 0 Å². The number of nitrogens with two attached hydrogens (primary N) is 1. The van der Waals surface area contributed by atoms with Crippen molar-refractivity contribution in [2.24, 2.45) is 5.73 Å². The van der Waals surface area contributed by atoms with Crippen LogP contribution in [0.4, 0.5) is 4.39 Å². The van der Waals surface area contributed by atoms with Crippen LogP contribution in [-0.4, -0.2) is 23.8 Å². The molecule has 0 aromatic heterocycles. The van der Waals surface area contributed by atoms with Crippen molar-refractivity contribution >= 4 is 17.7 Å². The van der Waals surface area contributed by atoms with Crippen LogP contribution in [0.15, 0.2) is 24.3 Å². The van der Waals surface area contributed by atoms with E-state index in [-0.39, 0.29) is 18.6 Å². The number of benzene rings is 1. The van der Waals surface area contributed by atoms with Crippen LogP contribution in [0.3, 0.4) is 0 Å². The summed E-state index contributed by atoms with van der Waals surface area (Å²) >= 11 is 0. The molecule has 1 rings (SSSR count). The normalized spacial score (nSPS) is 11.7. The Bertz CT molecular complexity index is 484. The molecule has 0 radical (unpaired) electrons. The van der Waals surface area contributed by atoms with Crippen molar-refractivity contribution in [1.82, 2.24) is 0 Å². The van der Waals surface area contributed by atoms with Crippen LogP contribution in [0, 0.1) is 5.82 Å². The molecule has 0 aliphatic rings. The molecular formula is C13H14FNO4. The van der Waals surface area contributed by atoms with E-state index in [9.17, 15) is 18.8 Å². The van der Waals surface area contributed by atoms with Crippen LogP contribution in [0.25, 0.3) is 0 Å². The van der Waals surface area contributed by atoms with Gasteiger partial charge in [-0.15, -0.1) is 0 Å². The minimum absolute atomic E-state index is 0.0735. The maximum Gasteiger partial charge on any atom is 0.307 e. The number of ketones is 1. The zero-order valence-corrected chi connectivity index (χ0v) is 10.4. The monoisotopic (exact) mass is 267 g/mol. The number of ether oxygens (including phenoxy) is 1. The van der Waals surface area contributed by atoms with Gasteiger partial charge in [-0.05, 0) is 31.2 Å². The van der Waals surface area contributed by atoms with Crippen LogP contribution < -0.4 is 5.73 Å². The van der Waals surface area contributed by atoms with Crippen LogP contribution in [-0.2, 0) is 14.3 Å². The molecule has 1 aromatic rings. The van der Waals surface area contributed by atoms with Crippen molar-refractivity contribution in [1.29, 1.82) is 0 Å². The standard InChI is InChI=1S/C13H14FNO4/c1-8(13(15)18)19-12(17)7-6-11(16)9-2-4-10(14)5-3-9/h2-5,8H,6-7H2,1H3,(H2,15,18). The van der Waals surface area contributed by atoms with E-state index >= 15 is 0 Å². The predicted octanol–water partition coefficient (Wildman–Crippen LogP) is 1.21. The van der Waals surface area contributed by atoms with E-state index in [1.165, 1.54) is 31.2 Å². The van der Waals surface area contributed by atoms with Gasteiger partial charge in [-0.2, -0.15) is 0 Å². The molecule has 1 aromatic carbocycles. The molecule has 1 atom stereocenters. The van der Waals surface area contributed by atoms with E-state index in [1.807, 2.05) is 0 Å². The third kappa shape index (κ3) is 4.87. The van der Waals surface area contributed by atoms with E-state index in [4.69, 9.17) is 10.5 Å². The first-order chi connectivity index (χ1) is 8.90. The summed E-state index contributed by atoms with van der Waals surface area (Å²) in [4.78, 5) is 33.6. The molecule has 19 heavy (non-hydrogen) atoms. The molecule has 0 spiro atoms. The lowest BCUT2D eigenvalue weighted by molar-refractivity contribution is -0.153. The second kappa shape index (κ2) is 6.63. The fourth-order valence-electron chi connectivity index (χ4n) is 1.31. The molecular weight excluding hydrogens is 253 g/mol. The molecule has 0 aliphatic carbocycles. The number of halogens is 1. The second-order valence-corrected chi connectivity index (χ2v) is 3.96. The molecule has 0 saturated heterocycles. The summed E-state index contributed by atoms with van der Waals surface area (Å²) in [6, 6.07) is 5.02. The number of carbonyl (C=O) groups excluding carboxylic acids is 3. The highest BCUT2D eigenvalue weighted by Gasteiger charge is 2.16. The molecule has 2 N–H and O–H groups in total. The Labute approximate surface area is 109 Å². The minimum Gasteiger partial charge on any atom is -0.453 e. The summed E-state index contributed by atoms with van der Waals surface area (Å²) in [6.07, 6.45) is -1.25. The van der Waals surface area contributed by atoms with Crippen molar-refractivity contribution < 1.29 is 23.5 Å². The van der Waals surface area contributed by atoms with E-state index in [2.05, 4.69) is 0 Å². The molecule has 5 nitrogen and oxygen atoms in total. The SMILES string of the molecule is CC(OC(=O)CCC(=O)c1ccc(F)cc1)C(N)=O. The first-order valence-electron chi connectivity index (χ1n) is 5.67. The van der Waals surface area contributed by atoms with Gasteiger partial charge >= 0.3 is 5.97 Å². The summed E-state index contributed by atoms with van der Waals surface area (Å²) < 4.78 is 17.3. The average Bonchev–Trinajstić information content (AvgIpc) is 2.36. The number of esters is 1. The topological polar surface area (TPSA) is 86.5 Å². The maximum absolute atomic E-state index is 12.7. The molecule has 0 heterocycles. The summed E-state index contributed by atoms with van der Waals surface area (Å²) in [7, 11) is 0. The van der Waals surface area contributed by atoms with Crippen molar-refractivity contribution in [2.75, 3.05) is 0 Å². The highest BCUT2D eigenvalue weighted by atomic mass is 19.1. The third-order valence-electron chi connectivity index (χ3n) is 2.43. The Kier molecular flexibility index (Phi) is 5.17. The Morgan fingerprint density at radius 3 is 2.32 bits per heavy atom. The Morgan fingerprint density at radius 1 is 1.21 bits per heavy atom. The first-order valence-corrected chi connectivity index (χ1v) is 5.67. The lowest BCUT2D eigenvalue weighted by Gasteiger charge is -2.09. The smallest absolute Gasteiger partial charge is 0.307 e. The van der Waals surface area contributed by atoms with Crippen molar-refractivity contribution in [2.45, 2.75) is 25.9 Å². The van der Waals surface area contributed by atoms with Gasteiger partial charge in [-0.3, -0.25) is 14.4 Å². The molecule has 6 heteroatoms. The van der Waals surface area contributed by atoms with Gasteiger partial charge in [0.25, 0.3) is 5.91 Å². The van der Waals surface area contributed by atoms with Crippen LogP contribution >= 0.6 is 0 Å². The molecule has 1 amide bonds. The summed E-state index contributed by atoms with van der Waals surface area (Å²) in [5.41, 5.74) is 5.24. The minimum atomic E-state index is -1.02. The molecule has 0 saturated carbocycles. The highest BCUT2D eigenvalue weighted by Crippen LogP contribution is 2.08. The van der Waals surface area contributed by atoms with Crippen LogP contribution in [0.1, 0.15) is 30.1 Å². The summed E-state index contributed by atoms with van der Waals surface area (Å²) in [5, 5.41) is 0. The number of carbonyl (C=O) groups is 3. The number of Topliss-reactive ketones (excluding diaryl/α,β-unsaturated/α-hetero) is 1. The van der Waals surface area contributed by atoms with E-state index in [1.54, 1.807) is 0 Å². The predicted molar refractivity (Wildman–Crippen MR) is 64.7 cm³/mol. The fraction of sp³-hybridized carbons (Fsp3) is 0.308. The highest BCUT2D eigenvalue weighted by molar-refractivity contribution is 5.97. The van der Waals surface area contributed by atoms with Gasteiger partial charge in [0, 0.05) is 12.0 Å². The van der Waals surface area contributed by atoms with Crippen molar-refractivity contribution in [3.05, 3.63) is 35.6 Å². The maximum atomic E-state index is 12.7. The van der Waals surface area contributed by atoms with E-state index in [0.29, 0.717) is 5.56 Å². The van der Waals surface area contributed by atoms with Crippen molar-refractivity contribution in [3.63, 3.8) is 0 Å². The molecule has 102 valence electrons. The number of amides is 1. The van der Waals surface area contributed by atoms with Gasteiger partial charge in [-0.1, -0.05) is 0 Å². The van der Waals surface area contributed by atoms with Gasteiger partial charge in [0.1, 0.15) is 5.82 Å². The molecule has 0 bridgehead atoms. The van der Waals surface area contributed by atoms with Crippen molar-refractivity contribution in [3.8, 4) is 0 Å². The number of primary amides is 1. The zero-order valence-electron chi connectivity index (χ0n) is 10.4. The first kappa shape index (κ1) is 14.8. The number of hydrogen-bond acceptors (Lipinski definition) is 4. The number of rotatable bonds is 6. The Morgan fingerprint density at radius 2 is 1.79 bits per heavy atom. The van der Waals surface area contributed by atoms with Gasteiger partial charge in [0.15, 0.2) is 11.9 Å². The van der Waals surface area contributed by atoms with Gasteiger partial charge in [0.05, 0.1) is 6.42 Å². The van der Waals surface area contributed by atoms with E-state index in [0.717, 1.165) is 0 Å². The Hall–Kier alpha value is -2.24. The quantitative estimate of drug-likeness (QED) is 0.620. The Balaban J connectivity index is 2.44. The largest absolute Gasteiger partial charge is 0.453 e. The summed E-state index contributed by atoms with van der Waals surface area (Å²) in [5.74, 6) is -2.17. The lowest BCUT2D eigenvalue weighted by Crippen LogP contribution is -2.30. The zero-order chi connectivity index (χ0) is 14.4. The third-order valence-corrected chi connectivity index (χ3v) is 2.43. The molecule has 0 fully saturated rings. The lowest BCUT2D eigenvalue weighted by atomic mass is 10.1. The number of hydrogen-bond donors (Lipinski definition) is 1. The van der Waals surface area contributed by atoms with Gasteiger partial charge in [0.2, 0.25) is 0 Å². The summed E-state index contributed by atoms with van der Waals surface area (Å²) in [6.45, 7) is 1.35. The molecule has 0 aliphatic heterocycles. The van der Waals surface area contributed by atoms with Crippen LogP contribution in [0.5, 0.6) is 0 Å².